The van der Waals surface area contributed by atoms with Crippen LogP contribution in [0.3, 0.4) is 0 Å². The fourth-order valence-corrected chi connectivity index (χ4v) is 7.21. The molecular formula is C51H52N2. The summed E-state index contributed by atoms with van der Waals surface area (Å²) in [6.45, 7) is 16.0. The molecule has 0 aliphatic heterocycles. The van der Waals surface area contributed by atoms with Crippen LogP contribution in [0.5, 0.6) is 0 Å². The van der Waals surface area contributed by atoms with Crippen molar-refractivity contribution in [1.29, 1.82) is 0 Å². The highest BCUT2D eigenvalue weighted by molar-refractivity contribution is 6.21. The molecule has 7 aromatic carbocycles. The van der Waals surface area contributed by atoms with E-state index in [9.17, 15) is 0 Å². The van der Waals surface area contributed by atoms with Crippen LogP contribution in [0.25, 0.3) is 32.3 Å². The van der Waals surface area contributed by atoms with Crippen LogP contribution in [-0.4, -0.2) is 0 Å². The van der Waals surface area contributed by atoms with Gasteiger partial charge >= 0.3 is 0 Å². The van der Waals surface area contributed by atoms with Crippen molar-refractivity contribution in [3.8, 4) is 0 Å². The number of benzene rings is 7. The van der Waals surface area contributed by atoms with Crippen LogP contribution in [0.4, 0.5) is 22.7 Å². The lowest BCUT2D eigenvalue weighted by molar-refractivity contribution is 0.170. The maximum Gasteiger partial charge on any atom is 0.0546 e. The van der Waals surface area contributed by atoms with E-state index in [2.05, 4.69) is 223 Å². The van der Waals surface area contributed by atoms with Crippen molar-refractivity contribution in [3.63, 3.8) is 0 Å². The van der Waals surface area contributed by atoms with Crippen LogP contribution in [0.2, 0.25) is 0 Å². The van der Waals surface area contributed by atoms with Gasteiger partial charge in [-0.15, -0.1) is 0 Å². The van der Waals surface area contributed by atoms with Crippen molar-refractivity contribution in [2.75, 3.05) is 10.2 Å². The fourth-order valence-electron chi connectivity index (χ4n) is 7.21. The first kappa shape index (κ1) is 35.8. The molecule has 0 saturated heterocycles. The van der Waals surface area contributed by atoms with E-state index in [0.29, 0.717) is 0 Å². The van der Waals surface area contributed by atoms with E-state index >= 15 is 0 Å². The van der Waals surface area contributed by atoms with Crippen molar-refractivity contribution < 1.29 is 0 Å². The molecule has 7 aromatic rings. The quantitative estimate of drug-likeness (QED) is 0.181. The van der Waals surface area contributed by atoms with Gasteiger partial charge < -0.3 is 10.2 Å². The number of rotatable bonds is 5. The predicted molar refractivity (Wildman–Crippen MR) is 232 cm³/mol. The summed E-state index contributed by atoms with van der Waals surface area (Å²) in [6, 6.07) is 54.4. The number of anilines is 4. The van der Waals surface area contributed by atoms with Gasteiger partial charge in [0.15, 0.2) is 0 Å². The molecule has 8 rings (SSSR count). The molecule has 0 amide bonds. The summed E-state index contributed by atoms with van der Waals surface area (Å²) in [7, 11) is 0. The number of hydrogen-bond acceptors (Lipinski definition) is 2. The number of nitrogens with one attached hydrogen (secondary N) is 1. The molecule has 2 nitrogen and oxygen atoms in total. The normalized spacial score (nSPS) is 15.9. The topological polar surface area (TPSA) is 15.3 Å². The summed E-state index contributed by atoms with van der Waals surface area (Å²) in [4.78, 5) is 2.40. The molecule has 1 atom stereocenters. The maximum absolute atomic E-state index is 3.44. The Morgan fingerprint density at radius 1 is 0.547 bits per heavy atom. The van der Waals surface area contributed by atoms with Gasteiger partial charge in [-0.3, -0.25) is 0 Å². The van der Waals surface area contributed by atoms with E-state index in [1.54, 1.807) is 0 Å². The average molecular weight is 693 g/mol. The first-order chi connectivity index (χ1) is 25.4. The minimum Gasteiger partial charge on any atom is -0.356 e. The number of hydrogen-bond donors (Lipinski definition) is 1. The number of nitrogens with zero attached hydrogens (tertiary/aromatic N) is 1. The van der Waals surface area contributed by atoms with Crippen LogP contribution in [0, 0.1) is 10.8 Å². The molecule has 0 saturated carbocycles. The number of allylic oxidation sites excluding steroid dienone is 3. The first-order valence-corrected chi connectivity index (χ1v) is 18.9. The van der Waals surface area contributed by atoms with Gasteiger partial charge in [0.1, 0.15) is 0 Å². The van der Waals surface area contributed by atoms with Gasteiger partial charge in [0.2, 0.25) is 0 Å². The predicted octanol–water partition coefficient (Wildman–Crippen LogP) is 14.9. The highest BCUT2D eigenvalue weighted by atomic mass is 15.1. The SMILES string of the molecule is CC(C)(C)C1(C)C=CC(Nc2ccccc2)=CC1.CC(C)(C)c1ccc(N(c2ccccc2)c2cc3c4ccccc4ccc3c3ccccc23)cc1. The van der Waals surface area contributed by atoms with E-state index in [1.165, 1.54) is 49.3 Å². The Morgan fingerprint density at radius 2 is 1.11 bits per heavy atom. The van der Waals surface area contributed by atoms with Crippen LogP contribution < -0.4 is 10.2 Å². The summed E-state index contributed by atoms with van der Waals surface area (Å²) in [5.41, 5.74) is 7.84. The Kier molecular flexibility index (Phi) is 9.75. The van der Waals surface area contributed by atoms with E-state index in [1.807, 2.05) is 6.07 Å². The Balaban J connectivity index is 0.000000204. The monoisotopic (exact) mass is 692 g/mol. The van der Waals surface area contributed by atoms with Crippen molar-refractivity contribution >= 4 is 55.1 Å². The van der Waals surface area contributed by atoms with Gasteiger partial charge in [-0.2, -0.15) is 0 Å². The van der Waals surface area contributed by atoms with Crippen LogP contribution in [0.1, 0.15) is 60.5 Å². The molecule has 2 heteroatoms. The van der Waals surface area contributed by atoms with Crippen molar-refractivity contribution in [1.82, 2.24) is 0 Å². The van der Waals surface area contributed by atoms with Gasteiger partial charge in [0, 0.05) is 28.1 Å². The van der Waals surface area contributed by atoms with Gasteiger partial charge in [-0.25, -0.2) is 0 Å². The summed E-state index contributed by atoms with van der Waals surface area (Å²) in [5.74, 6) is 0. The zero-order valence-electron chi connectivity index (χ0n) is 32.3. The molecule has 0 aromatic heterocycles. The molecule has 1 unspecified atom stereocenters. The molecule has 0 fully saturated rings. The van der Waals surface area contributed by atoms with Crippen molar-refractivity contribution in [2.24, 2.45) is 10.8 Å². The zero-order valence-corrected chi connectivity index (χ0v) is 32.3. The lowest BCUT2D eigenvalue weighted by Gasteiger charge is -2.41. The van der Waals surface area contributed by atoms with E-state index in [4.69, 9.17) is 0 Å². The third-order valence-corrected chi connectivity index (χ3v) is 11.1. The lowest BCUT2D eigenvalue weighted by Crippen LogP contribution is -2.31. The van der Waals surface area contributed by atoms with Crippen molar-refractivity contribution in [2.45, 2.75) is 60.3 Å². The number of para-hydroxylation sites is 2. The maximum atomic E-state index is 3.44. The highest BCUT2D eigenvalue weighted by Crippen LogP contribution is 2.46. The number of fused-ring (bicyclic) bond motifs is 5. The van der Waals surface area contributed by atoms with Gasteiger partial charge in [0.05, 0.1) is 5.69 Å². The van der Waals surface area contributed by atoms with Gasteiger partial charge in [-0.1, -0.05) is 170 Å². The van der Waals surface area contributed by atoms with Crippen LogP contribution >= 0.6 is 0 Å². The van der Waals surface area contributed by atoms with Crippen molar-refractivity contribution in [3.05, 3.63) is 181 Å². The fraction of sp³-hybridized carbons (Fsp3) is 0.216. The van der Waals surface area contributed by atoms with E-state index in [0.717, 1.165) is 23.5 Å². The Bertz CT molecular complexity index is 2410. The zero-order chi connectivity index (χ0) is 37.2. The first-order valence-electron chi connectivity index (χ1n) is 18.9. The van der Waals surface area contributed by atoms with Crippen LogP contribution in [0.15, 0.2) is 176 Å². The molecule has 53 heavy (non-hydrogen) atoms. The third kappa shape index (κ3) is 7.50. The standard InChI is InChI=1S/C34H29N.C17H23N/c1-34(2,3)25-18-20-27(21-19-25)35(26-12-5-4-6-13-26)33-23-32-28-14-8-7-11-24(28)17-22-30(32)29-15-9-10-16-31(29)33;1-16(2,3)17(4)12-10-15(11-13-17)18-14-8-6-5-7-9-14/h4-23H,1-3H3;5-12,18H,13H2,1-4H3. The van der Waals surface area contributed by atoms with E-state index < -0.39 is 0 Å². The average Bonchev–Trinajstić information content (AvgIpc) is 3.16. The lowest BCUT2D eigenvalue weighted by atomic mass is 9.64. The molecule has 0 radical (unpaired) electrons. The summed E-state index contributed by atoms with van der Waals surface area (Å²) in [6.07, 6.45) is 7.94. The molecule has 1 aliphatic carbocycles. The summed E-state index contributed by atoms with van der Waals surface area (Å²) >= 11 is 0. The second kappa shape index (κ2) is 14.4. The third-order valence-electron chi connectivity index (χ3n) is 11.1. The Hall–Kier alpha value is -5.60. The highest BCUT2D eigenvalue weighted by Gasteiger charge is 2.35. The minimum absolute atomic E-state index is 0.116. The minimum atomic E-state index is 0.116. The second-order valence-corrected chi connectivity index (χ2v) is 16.6. The van der Waals surface area contributed by atoms with Gasteiger partial charge in [0.25, 0.3) is 0 Å². The van der Waals surface area contributed by atoms with E-state index in [-0.39, 0.29) is 16.2 Å². The Labute approximate surface area is 316 Å². The molecule has 0 spiro atoms. The largest absolute Gasteiger partial charge is 0.356 e. The molecule has 1 N–H and O–H groups in total. The second-order valence-electron chi connectivity index (χ2n) is 16.6. The van der Waals surface area contributed by atoms with Gasteiger partial charge in [-0.05, 0) is 104 Å². The summed E-state index contributed by atoms with van der Waals surface area (Å²) in [5, 5.41) is 11.1. The van der Waals surface area contributed by atoms with Crippen LogP contribution in [-0.2, 0) is 5.41 Å². The Morgan fingerprint density at radius 3 is 1.74 bits per heavy atom. The molecule has 266 valence electrons. The molecule has 0 bridgehead atoms. The smallest absolute Gasteiger partial charge is 0.0546 e. The molecule has 1 aliphatic rings. The molecular weight excluding hydrogens is 641 g/mol. The molecule has 0 heterocycles. The summed E-state index contributed by atoms with van der Waals surface area (Å²) < 4.78 is 0.